The normalized spacial score (nSPS) is 10.0. The summed E-state index contributed by atoms with van der Waals surface area (Å²) in [6, 6.07) is 10.5. The molecule has 0 fully saturated rings. The first-order valence-electron chi connectivity index (χ1n) is 7.09. The number of nitro groups is 1. The van der Waals surface area contributed by atoms with Crippen LogP contribution in [-0.2, 0) is 4.79 Å². The Kier molecular flexibility index (Phi) is 6.07. The zero-order chi connectivity index (χ0) is 18.4. The van der Waals surface area contributed by atoms with E-state index < -0.39 is 16.7 Å². The van der Waals surface area contributed by atoms with Crippen LogP contribution in [0.25, 0.3) is 0 Å². The second-order valence-electron chi connectivity index (χ2n) is 5.01. The van der Waals surface area contributed by atoms with Gasteiger partial charge in [-0.2, -0.15) is 0 Å². The van der Waals surface area contributed by atoms with Gasteiger partial charge in [-0.15, -0.1) is 0 Å². The van der Waals surface area contributed by atoms with Crippen molar-refractivity contribution in [3.05, 3.63) is 68.2 Å². The number of nitro benzene ring substituents is 1. The summed E-state index contributed by atoms with van der Waals surface area (Å²) in [6.07, 6.45) is 0. The van der Waals surface area contributed by atoms with Crippen molar-refractivity contribution in [3.8, 4) is 5.75 Å². The number of halogens is 1. The van der Waals surface area contributed by atoms with E-state index in [9.17, 15) is 19.7 Å². The molecule has 0 spiro atoms. The molecule has 0 saturated carbocycles. The van der Waals surface area contributed by atoms with Gasteiger partial charge >= 0.3 is 0 Å². The third-order valence-electron chi connectivity index (χ3n) is 3.13. The second kappa shape index (κ2) is 8.25. The number of amides is 2. The predicted octanol–water partition coefficient (Wildman–Crippen LogP) is 2.51. The molecule has 0 heterocycles. The fraction of sp³-hybridized carbons (Fsp3) is 0.125. The number of nitrogens with zero attached hydrogens (tertiary/aromatic N) is 1. The highest BCUT2D eigenvalue weighted by Crippen LogP contribution is 2.21. The van der Waals surface area contributed by atoms with E-state index in [2.05, 4.69) is 26.8 Å². The summed E-state index contributed by atoms with van der Waals surface area (Å²) in [6.45, 7) is 1.54. The van der Waals surface area contributed by atoms with Crippen LogP contribution >= 0.6 is 15.9 Å². The lowest BCUT2D eigenvalue weighted by Gasteiger charge is -2.10. The Morgan fingerprint density at radius 3 is 2.64 bits per heavy atom. The van der Waals surface area contributed by atoms with Gasteiger partial charge in [0, 0.05) is 22.2 Å². The van der Waals surface area contributed by atoms with Crippen LogP contribution in [0, 0.1) is 17.0 Å². The van der Waals surface area contributed by atoms with E-state index in [1.165, 1.54) is 18.2 Å². The highest BCUT2D eigenvalue weighted by molar-refractivity contribution is 9.10. The zero-order valence-corrected chi connectivity index (χ0v) is 14.7. The quantitative estimate of drug-likeness (QED) is 0.584. The smallest absolute Gasteiger partial charge is 0.276 e. The summed E-state index contributed by atoms with van der Waals surface area (Å²) in [4.78, 5) is 33.7. The van der Waals surface area contributed by atoms with E-state index in [-0.39, 0.29) is 17.9 Å². The van der Waals surface area contributed by atoms with Crippen LogP contribution in [0.4, 0.5) is 5.69 Å². The van der Waals surface area contributed by atoms with Gasteiger partial charge in [0.1, 0.15) is 5.75 Å². The fourth-order valence-corrected chi connectivity index (χ4v) is 2.39. The summed E-state index contributed by atoms with van der Waals surface area (Å²) in [5.41, 5.74) is 5.05. The molecular formula is C16H14BrN3O5. The molecule has 0 unspecified atom stereocenters. The van der Waals surface area contributed by atoms with Crippen molar-refractivity contribution in [1.82, 2.24) is 10.9 Å². The van der Waals surface area contributed by atoms with E-state index in [1.807, 2.05) is 13.0 Å². The molecule has 2 N–H and O–H groups in total. The Bertz CT molecular complexity index is 825. The lowest BCUT2D eigenvalue weighted by Crippen LogP contribution is -2.43. The lowest BCUT2D eigenvalue weighted by molar-refractivity contribution is -0.384. The van der Waals surface area contributed by atoms with Gasteiger partial charge in [0.05, 0.1) is 4.92 Å². The van der Waals surface area contributed by atoms with Crippen molar-refractivity contribution in [3.63, 3.8) is 0 Å². The van der Waals surface area contributed by atoms with Crippen molar-refractivity contribution in [1.29, 1.82) is 0 Å². The van der Waals surface area contributed by atoms with Gasteiger partial charge < -0.3 is 4.74 Å². The molecule has 8 nitrogen and oxygen atoms in total. The van der Waals surface area contributed by atoms with Crippen LogP contribution in [0.2, 0.25) is 0 Å². The molecule has 0 radical (unpaired) electrons. The van der Waals surface area contributed by atoms with Crippen LogP contribution in [0.1, 0.15) is 15.9 Å². The molecule has 130 valence electrons. The van der Waals surface area contributed by atoms with Crippen LogP contribution in [0.5, 0.6) is 5.75 Å². The third-order valence-corrected chi connectivity index (χ3v) is 3.62. The lowest BCUT2D eigenvalue weighted by atomic mass is 10.2. The summed E-state index contributed by atoms with van der Waals surface area (Å²) >= 11 is 3.33. The van der Waals surface area contributed by atoms with Crippen molar-refractivity contribution < 1.29 is 19.2 Å². The van der Waals surface area contributed by atoms with Gasteiger partial charge in [0.2, 0.25) is 0 Å². The second-order valence-corrected chi connectivity index (χ2v) is 5.92. The number of carbonyl (C=O) groups is 2. The minimum absolute atomic E-state index is 0.0548. The highest BCUT2D eigenvalue weighted by Gasteiger charge is 2.12. The molecular weight excluding hydrogens is 394 g/mol. The van der Waals surface area contributed by atoms with E-state index >= 15 is 0 Å². The number of ether oxygens (including phenoxy) is 1. The molecule has 0 saturated heterocycles. The number of aryl methyl sites for hydroxylation is 1. The van der Waals surface area contributed by atoms with Gasteiger partial charge in [0.25, 0.3) is 17.5 Å². The number of benzene rings is 2. The fourth-order valence-electron chi connectivity index (χ4n) is 1.91. The van der Waals surface area contributed by atoms with E-state index in [0.717, 1.165) is 16.1 Å². The summed E-state index contributed by atoms with van der Waals surface area (Å²) < 4.78 is 6.26. The number of non-ortho nitro benzene ring substituents is 1. The number of hydrogen-bond acceptors (Lipinski definition) is 5. The molecule has 25 heavy (non-hydrogen) atoms. The number of nitrogens with one attached hydrogen (secondary N) is 2. The van der Waals surface area contributed by atoms with Crippen LogP contribution in [-0.4, -0.2) is 23.3 Å². The van der Waals surface area contributed by atoms with Crippen molar-refractivity contribution >= 4 is 33.4 Å². The topological polar surface area (TPSA) is 111 Å². The minimum atomic E-state index is -0.670. The Morgan fingerprint density at radius 2 is 1.96 bits per heavy atom. The van der Waals surface area contributed by atoms with Crippen LogP contribution in [0.15, 0.2) is 46.9 Å². The number of carbonyl (C=O) groups excluding carboxylic acids is 2. The van der Waals surface area contributed by atoms with Gasteiger partial charge in [-0.1, -0.05) is 22.0 Å². The average molecular weight is 408 g/mol. The van der Waals surface area contributed by atoms with Gasteiger partial charge in [-0.05, 0) is 36.8 Å². The van der Waals surface area contributed by atoms with Crippen molar-refractivity contribution in [2.75, 3.05) is 6.61 Å². The Morgan fingerprint density at radius 1 is 1.20 bits per heavy atom. The molecule has 0 aromatic heterocycles. The Balaban J connectivity index is 1.86. The largest absolute Gasteiger partial charge is 0.483 e. The first-order chi connectivity index (χ1) is 11.9. The van der Waals surface area contributed by atoms with Crippen molar-refractivity contribution in [2.45, 2.75) is 6.92 Å². The maximum absolute atomic E-state index is 11.9. The molecule has 0 bridgehead atoms. The average Bonchev–Trinajstić information content (AvgIpc) is 2.59. The van der Waals surface area contributed by atoms with E-state index in [4.69, 9.17) is 4.74 Å². The third kappa shape index (κ3) is 5.28. The molecule has 0 aliphatic heterocycles. The maximum Gasteiger partial charge on any atom is 0.276 e. The van der Waals surface area contributed by atoms with Gasteiger partial charge in [-0.3, -0.25) is 30.6 Å². The first kappa shape index (κ1) is 18.4. The summed E-state index contributed by atoms with van der Waals surface area (Å²) in [5, 5.41) is 10.7. The number of rotatable bonds is 5. The van der Waals surface area contributed by atoms with Crippen LogP contribution < -0.4 is 15.6 Å². The molecule has 9 heteroatoms. The molecule has 2 rings (SSSR count). The number of hydrogen-bond donors (Lipinski definition) is 2. The van der Waals surface area contributed by atoms with Crippen LogP contribution in [0.3, 0.4) is 0 Å². The molecule has 0 atom stereocenters. The maximum atomic E-state index is 11.9. The molecule has 0 aliphatic rings. The predicted molar refractivity (Wildman–Crippen MR) is 93.1 cm³/mol. The monoisotopic (exact) mass is 407 g/mol. The summed E-state index contributed by atoms with van der Waals surface area (Å²) in [7, 11) is 0. The summed E-state index contributed by atoms with van der Waals surface area (Å²) in [5.74, 6) is -0.693. The highest BCUT2D eigenvalue weighted by atomic mass is 79.9. The zero-order valence-electron chi connectivity index (χ0n) is 13.1. The Labute approximate surface area is 151 Å². The molecule has 0 aliphatic carbocycles. The van der Waals surface area contributed by atoms with E-state index in [0.29, 0.717) is 5.75 Å². The SMILES string of the molecule is Cc1cc(Br)ccc1OCC(=O)NNC(=O)c1cccc([N+](=O)[O-])c1. The Hall–Kier alpha value is -2.94. The number of hydrazine groups is 1. The first-order valence-corrected chi connectivity index (χ1v) is 7.88. The molecule has 2 aromatic rings. The molecule has 2 aromatic carbocycles. The minimum Gasteiger partial charge on any atom is -0.483 e. The standard InChI is InChI=1S/C16H14BrN3O5/c1-10-7-12(17)5-6-14(10)25-9-15(21)18-19-16(22)11-3-2-4-13(8-11)20(23)24/h2-8H,9H2,1H3,(H,18,21)(H,19,22). The van der Waals surface area contributed by atoms with Crippen molar-refractivity contribution in [2.24, 2.45) is 0 Å². The molecule has 2 amide bonds. The van der Waals surface area contributed by atoms with Gasteiger partial charge in [-0.25, -0.2) is 0 Å². The van der Waals surface area contributed by atoms with E-state index in [1.54, 1.807) is 12.1 Å². The van der Waals surface area contributed by atoms with Gasteiger partial charge in [0.15, 0.2) is 6.61 Å².